The Balaban J connectivity index is 2.05. The first kappa shape index (κ1) is 11.4. The van der Waals surface area contributed by atoms with Gasteiger partial charge in [0.25, 0.3) is 0 Å². The Hall–Kier alpha value is -1.13. The standard InChI is InChI=1S/C12H16N2OS/c1-3-5-13-7-10-8-14-12(16-10)11-9(2)4-6-15-11/h4,6,8,13H,3,5,7H2,1-2H3. The third-order valence-corrected chi connectivity index (χ3v) is 3.33. The Morgan fingerprint density at radius 2 is 2.38 bits per heavy atom. The van der Waals surface area contributed by atoms with Crippen LogP contribution in [-0.4, -0.2) is 11.5 Å². The first-order valence-corrected chi connectivity index (χ1v) is 6.32. The number of hydrogen-bond acceptors (Lipinski definition) is 4. The van der Waals surface area contributed by atoms with Crippen molar-refractivity contribution in [1.82, 2.24) is 10.3 Å². The average Bonchev–Trinajstić information content (AvgIpc) is 2.87. The Kier molecular flexibility index (Phi) is 3.74. The Bertz CT molecular complexity index is 447. The highest BCUT2D eigenvalue weighted by Crippen LogP contribution is 2.28. The highest BCUT2D eigenvalue weighted by atomic mass is 32.1. The molecule has 4 heteroatoms. The molecule has 0 unspecified atom stereocenters. The van der Waals surface area contributed by atoms with Gasteiger partial charge < -0.3 is 9.73 Å². The first-order chi connectivity index (χ1) is 7.81. The van der Waals surface area contributed by atoms with Gasteiger partial charge in [0.15, 0.2) is 10.8 Å². The Morgan fingerprint density at radius 1 is 1.50 bits per heavy atom. The molecule has 0 radical (unpaired) electrons. The normalized spacial score (nSPS) is 10.9. The van der Waals surface area contributed by atoms with Crippen LogP contribution in [0.15, 0.2) is 22.9 Å². The molecule has 0 amide bonds. The SMILES string of the molecule is CCCNCc1cnc(-c2occc2C)s1. The molecule has 0 aliphatic rings. The highest BCUT2D eigenvalue weighted by molar-refractivity contribution is 7.14. The molecule has 0 saturated heterocycles. The van der Waals surface area contributed by atoms with E-state index in [0.29, 0.717) is 0 Å². The molecule has 2 aromatic heterocycles. The summed E-state index contributed by atoms with van der Waals surface area (Å²) in [4.78, 5) is 5.63. The summed E-state index contributed by atoms with van der Waals surface area (Å²) in [6.45, 7) is 6.14. The molecular weight excluding hydrogens is 220 g/mol. The largest absolute Gasteiger partial charge is 0.462 e. The van der Waals surface area contributed by atoms with Crippen molar-refractivity contribution >= 4 is 11.3 Å². The summed E-state index contributed by atoms with van der Waals surface area (Å²) in [6, 6.07) is 1.96. The second-order valence-electron chi connectivity index (χ2n) is 3.74. The summed E-state index contributed by atoms with van der Waals surface area (Å²) in [5, 5.41) is 4.33. The van der Waals surface area contributed by atoms with Gasteiger partial charge in [-0.25, -0.2) is 4.98 Å². The summed E-state index contributed by atoms with van der Waals surface area (Å²) in [7, 11) is 0. The maximum atomic E-state index is 5.42. The Morgan fingerprint density at radius 3 is 3.06 bits per heavy atom. The van der Waals surface area contributed by atoms with Crippen molar-refractivity contribution in [2.75, 3.05) is 6.54 Å². The van der Waals surface area contributed by atoms with Crippen molar-refractivity contribution < 1.29 is 4.42 Å². The van der Waals surface area contributed by atoms with Crippen LogP contribution in [0.1, 0.15) is 23.8 Å². The number of aryl methyl sites for hydroxylation is 1. The van der Waals surface area contributed by atoms with Crippen molar-refractivity contribution in [2.24, 2.45) is 0 Å². The van der Waals surface area contributed by atoms with Crippen LogP contribution < -0.4 is 5.32 Å². The smallest absolute Gasteiger partial charge is 0.165 e. The summed E-state index contributed by atoms with van der Waals surface area (Å²) in [5.41, 5.74) is 1.14. The van der Waals surface area contributed by atoms with Crippen molar-refractivity contribution in [3.63, 3.8) is 0 Å². The highest BCUT2D eigenvalue weighted by Gasteiger charge is 2.09. The van der Waals surface area contributed by atoms with Gasteiger partial charge >= 0.3 is 0 Å². The summed E-state index contributed by atoms with van der Waals surface area (Å²) < 4.78 is 5.42. The van der Waals surface area contributed by atoms with Crippen molar-refractivity contribution in [2.45, 2.75) is 26.8 Å². The minimum atomic E-state index is 0.894. The van der Waals surface area contributed by atoms with Gasteiger partial charge in [0, 0.05) is 17.6 Å². The fourth-order valence-corrected chi connectivity index (χ4v) is 2.41. The van der Waals surface area contributed by atoms with Crippen LogP contribution in [0.5, 0.6) is 0 Å². The molecule has 0 saturated carbocycles. The maximum Gasteiger partial charge on any atom is 0.165 e. The molecule has 0 bridgehead atoms. The molecule has 1 N–H and O–H groups in total. The van der Waals surface area contributed by atoms with E-state index in [4.69, 9.17) is 4.42 Å². The summed E-state index contributed by atoms with van der Waals surface area (Å²) in [6.07, 6.45) is 4.79. The maximum absolute atomic E-state index is 5.42. The zero-order valence-electron chi connectivity index (χ0n) is 9.62. The Labute approximate surface area is 99.5 Å². The molecule has 2 aromatic rings. The van der Waals surface area contributed by atoms with Gasteiger partial charge in [0.05, 0.1) is 6.26 Å². The minimum Gasteiger partial charge on any atom is -0.462 e. The summed E-state index contributed by atoms with van der Waals surface area (Å²) >= 11 is 1.69. The van der Waals surface area contributed by atoms with Crippen molar-refractivity contribution in [3.8, 4) is 10.8 Å². The van der Waals surface area contributed by atoms with Crippen LogP contribution in [0, 0.1) is 6.92 Å². The third kappa shape index (κ3) is 2.51. The number of nitrogens with zero attached hydrogens (tertiary/aromatic N) is 1. The zero-order chi connectivity index (χ0) is 11.4. The van der Waals surface area contributed by atoms with Crippen molar-refractivity contribution in [1.29, 1.82) is 0 Å². The monoisotopic (exact) mass is 236 g/mol. The van der Waals surface area contributed by atoms with Gasteiger partial charge in [0.1, 0.15) is 0 Å². The zero-order valence-corrected chi connectivity index (χ0v) is 10.4. The van der Waals surface area contributed by atoms with E-state index in [1.54, 1.807) is 17.6 Å². The van der Waals surface area contributed by atoms with Gasteiger partial charge in [-0.3, -0.25) is 0 Å². The van der Waals surface area contributed by atoms with Crippen molar-refractivity contribution in [3.05, 3.63) is 29.0 Å². The number of nitrogens with one attached hydrogen (secondary N) is 1. The molecule has 0 aliphatic heterocycles. The van der Waals surface area contributed by atoms with Crippen LogP contribution >= 0.6 is 11.3 Å². The number of hydrogen-bond donors (Lipinski definition) is 1. The molecule has 3 nitrogen and oxygen atoms in total. The number of rotatable bonds is 5. The van der Waals surface area contributed by atoms with E-state index in [2.05, 4.69) is 17.2 Å². The predicted molar refractivity (Wildman–Crippen MR) is 66.6 cm³/mol. The van der Waals surface area contributed by atoms with E-state index in [0.717, 1.165) is 35.8 Å². The number of furan rings is 1. The van der Waals surface area contributed by atoms with Gasteiger partial charge in [-0.15, -0.1) is 11.3 Å². The lowest BCUT2D eigenvalue weighted by atomic mass is 10.3. The van der Waals surface area contributed by atoms with Gasteiger partial charge in [-0.2, -0.15) is 0 Å². The lowest BCUT2D eigenvalue weighted by molar-refractivity contribution is 0.580. The second-order valence-corrected chi connectivity index (χ2v) is 4.86. The lowest BCUT2D eigenvalue weighted by Gasteiger charge is -1.97. The van der Waals surface area contributed by atoms with E-state index in [-0.39, 0.29) is 0 Å². The first-order valence-electron chi connectivity index (χ1n) is 5.51. The van der Waals surface area contributed by atoms with Crippen LogP contribution in [-0.2, 0) is 6.54 Å². The molecule has 86 valence electrons. The van der Waals surface area contributed by atoms with Gasteiger partial charge in [-0.1, -0.05) is 6.92 Å². The second kappa shape index (κ2) is 5.27. The van der Waals surface area contributed by atoms with E-state index < -0.39 is 0 Å². The molecule has 2 heterocycles. The average molecular weight is 236 g/mol. The van der Waals surface area contributed by atoms with Crippen LogP contribution in [0.2, 0.25) is 0 Å². The van der Waals surface area contributed by atoms with Crippen LogP contribution in [0.25, 0.3) is 10.8 Å². The molecular formula is C12H16N2OS. The number of aromatic nitrogens is 1. The number of thiazole rings is 1. The molecule has 0 aromatic carbocycles. The predicted octanol–water partition coefficient (Wildman–Crippen LogP) is 3.21. The summed E-state index contributed by atoms with van der Waals surface area (Å²) in [5.74, 6) is 0.895. The third-order valence-electron chi connectivity index (χ3n) is 2.34. The lowest BCUT2D eigenvalue weighted by Crippen LogP contribution is -2.12. The van der Waals surface area contributed by atoms with E-state index in [1.807, 2.05) is 19.2 Å². The minimum absolute atomic E-state index is 0.894. The van der Waals surface area contributed by atoms with E-state index >= 15 is 0 Å². The van der Waals surface area contributed by atoms with Gasteiger partial charge in [0.2, 0.25) is 0 Å². The molecule has 0 atom stereocenters. The van der Waals surface area contributed by atoms with E-state index in [9.17, 15) is 0 Å². The molecule has 0 spiro atoms. The fourth-order valence-electron chi connectivity index (χ4n) is 1.47. The molecule has 0 aliphatic carbocycles. The molecule has 2 rings (SSSR count). The topological polar surface area (TPSA) is 38.1 Å². The van der Waals surface area contributed by atoms with Crippen LogP contribution in [0.3, 0.4) is 0 Å². The van der Waals surface area contributed by atoms with Crippen LogP contribution in [0.4, 0.5) is 0 Å². The van der Waals surface area contributed by atoms with E-state index in [1.165, 1.54) is 4.88 Å². The van der Waals surface area contributed by atoms with Gasteiger partial charge in [-0.05, 0) is 31.5 Å². The fraction of sp³-hybridized carbons (Fsp3) is 0.417. The molecule has 16 heavy (non-hydrogen) atoms. The quantitative estimate of drug-likeness (QED) is 0.810. The molecule has 0 fully saturated rings.